The highest BCUT2D eigenvalue weighted by molar-refractivity contribution is 7.91. The first-order chi connectivity index (χ1) is 16.2. The van der Waals surface area contributed by atoms with Gasteiger partial charge in [-0.3, -0.25) is 4.72 Å². The van der Waals surface area contributed by atoms with Crippen LogP contribution in [0.5, 0.6) is 0 Å². The molecule has 0 saturated heterocycles. The molecule has 7 heteroatoms. The maximum Gasteiger partial charge on any atom is 0.333 e. The molecule has 0 unspecified atom stereocenters. The van der Waals surface area contributed by atoms with E-state index in [0.717, 1.165) is 22.3 Å². The number of nitrogens with one attached hydrogen (secondary N) is 2. The monoisotopic (exact) mass is 479 g/mol. The minimum atomic E-state index is -4.17. The summed E-state index contributed by atoms with van der Waals surface area (Å²) in [5.74, 6) is 0.222. The third-order valence-corrected chi connectivity index (χ3v) is 6.47. The standard InChI is InChI=1S/C27H33N3O3S/c1-20(2)24-16-11-17-25(21(3)4)26(24)28-34(32,33)29-27(31)30(18-22-12-7-5-8-13-22)19-23-14-9-6-10-15-23/h5-17,20-21,28H,18-19H2,1-4H3,(H,29,31). The minimum Gasteiger partial charge on any atom is -0.315 e. The number of carbonyl (C=O) groups excluding carboxylic acids is 1. The Kier molecular flexibility index (Phi) is 8.34. The van der Waals surface area contributed by atoms with Gasteiger partial charge in [0.15, 0.2) is 0 Å². The van der Waals surface area contributed by atoms with Crippen LogP contribution in [0.3, 0.4) is 0 Å². The van der Waals surface area contributed by atoms with Crippen molar-refractivity contribution in [1.82, 2.24) is 9.62 Å². The third kappa shape index (κ3) is 6.84. The molecule has 0 fully saturated rings. The van der Waals surface area contributed by atoms with Crippen LogP contribution in [0.15, 0.2) is 78.9 Å². The molecule has 0 aliphatic carbocycles. The van der Waals surface area contributed by atoms with E-state index in [1.165, 1.54) is 4.90 Å². The highest BCUT2D eigenvalue weighted by Crippen LogP contribution is 2.32. The van der Waals surface area contributed by atoms with E-state index >= 15 is 0 Å². The maximum absolute atomic E-state index is 13.2. The van der Waals surface area contributed by atoms with Gasteiger partial charge in [0.05, 0.1) is 5.69 Å². The van der Waals surface area contributed by atoms with Crippen LogP contribution in [0, 0.1) is 0 Å². The number of nitrogens with zero attached hydrogens (tertiary/aromatic N) is 1. The Bertz CT molecular complexity index is 1130. The largest absolute Gasteiger partial charge is 0.333 e. The van der Waals surface area contributed by atoms with Crippen molar-refractivity contribution in [3.63, 3.8) is 0 Å². The van der Waals surface area contributed by atoms with Gasteiger partial charge in [-0.1, -0.05) is 107 Å². The van der Waals surface area contributed by atoms with Crippen molar-refractivity contribution < 1.29 is 13.2 Å². The summed E-state index contributed by atoms with van der Waals surface area (Å²) in [7, 11) is -4.17. The lowest BCUT2D eigenvalue weighted by atomic mass is 9.93. The summed E-state index contributed by atoms with van der Waals surface area (Å²) < 4.78 is 31.1. The number of hydrogen-bond donors (Lipinski definition) is 2. The Balaban J connectivity index is 1.86. The Morgan fingerprint density at radius 1 is 0.735 bits per heavy atom. The molecule has 0 aliphatic heterocycles. The second-order valence-electron chi connectivity index (χ2n) is 8.96. The smallest absolute Gasteiger partial charge is 0.315 e. The molecule has 34 heavy (non-hydrogen) atoms. The lowest BCUT2D eigenvalue weighted by Crippen LogP contribution is -2.44. The summed E-state index contributed by atoms with van der Waals surface area (Å²) >= 11 is 0. The molecule has 0 atom stereocenters. The number of para-hydroxylation sites is 1. The van der Waals surface area contributed by atoms with Crippen LogP contribution in [-0.4, -0.2) is 19.3 Å². The minimum absolute atomic E-state index is 0.111. The normalized spacial score (nSPS) is 11.5. The van der Waals surface area contributed by atoms with Crippen molar-refractivity contribution in [3.05, 3.63) is 101 Å². The van der Waals surface area contributed by atoms with Gasteiger partial charge in [-0.2, -0.15) is 8.42 Å². The molecule has 0 radical (unpaired) electrons. The lowest BCUT2D eigenvalue weighted by Gasteiger charge is -2.25. The first kappa shape index (κ1) is 25.3. The Morgan fingerprint density at radius 2 is 1.18 bits per heavy atom. The lowest BCUT2D eigenvalue weighted by molar-refractivity contribution is 0.198. The fraction of sp³-hybridized carbons (Fsp3) is 0.296. The van der Waals surface area contributed by atoms with E-state index in [9.17, 15) is 13.2 Å². The zero-order valence-electron chi connectivity index (χ0n) is 20.2. The first-order valence-corrected chi connectivity index (χ1v) is 12.9. The van der Waals surface area contributed by atoms with Crippen LogP contribution in [0.4, 0.5) is 10.5 Å². The number of amides is 2. The number of anilines is 1. The molecule has 0 aromatic heterocycles. The van der Waals surface area contributed by atoms with Gasteiger partial charge in [-0.05, 0) is 34.1 Å². The zero-order valence-corrected chi connectivity index (χ0v) is 21.0. The molecule has 0 bridgehead atoms. The molecule has 2 amide bonds. The van der Waals surface area contributed by atoms with Crippen molar-refractivity contribution in [2.24, 2.45) is 0 Å². The highest BCUT2D eigenvalue weighted by Gasteiger charge is 2.24. The molecule has 3 aromatic carbocycles. The molecule has 2 N–H and O–H groups in total. The van der Waals surface area contributed by atoms with Gasteiger partial charge in [0.1, 0.15) is 0 Å². The zero-order chi connectivity index (χ0) is 24.7. The fourth-order valence-corrected chi connectivity index (χ4v) is 4.73. The molecular weight excluding hydrogens is 446 g/mol. The van der Waals surface area contributed by atoms with E-state index in [4.69, 9.17) is 0 Å². The van der Waals surface area contributed by atoms with Crippen molar-refractivity contribution in [1.29, 1.82) is 0 Å². The predicted molar refractivity (Wildman–Crippen MR) is 138 cm³/mol. The maximum atomic E-state index is 13.2. The van der Waals surface area contributed by atoms with Crippen LogP contribution >= 0.6 is 0 Å². The summed E-state index contributed by atoms with van der Waals surface area (Å²) in [4.78, 5) is 14.7. The fourth-order valence-electron chi connectivity index (χ4n) is 3.82. The number of hydrogen-bond acceptors (Lipinski definition) is 3. The summed E-state index contributed by atoms with van der Waals surface area (Å²) in [5, 5.41) is 0. The van der Waals surface area contributed by atoms with E-state index in [1.807, 2.05) is 107 Å². The van der Waals surface area contributed by atoms with Crippen LogP contribution < -0.4 is 9.44 Å². The van der Waals surface area contributed by atoms with E-state index in [-0.39, 0.29) is 24.9 Å². The molecule has 180 valence electrons. The number of carbonyl (C=O) groups is 1. The molecule has 0 heterocycles. The Morgan fingerprint density at radius 3 is 1.59 bits per heavy atom. The second kappa shape index (κ2) is 11.2. The molecule has 0 spiro atoms. The van der Waals surface area contributed by atoms with Gasteiger partial charge < -0.3 is 4.90 Å². The van der Waals surface area contributed by atoms with Gasteiger partial charge in [-0.25, -0.2) is 9.52 Å². The van der Waals surface area contributed by atoms with Crippen molar-refractivity contribution in [3.8, 4) is 0 Å². The van der Waals surface area contributed by atoms with Crippen molar-refractivity contribution >= 4 is 21.9 Å². The van der Waals surface area contributed by atoms with E-state index in [0.29, 0.717) is 5.69 Å². The molecule has 0 saturated carbocycles. The molecular formula is C27H33N3O3S. The van der Waals surface area contributed by atoms with Gasteiger partial charge in [0.25, 0.3) is 0 Å². The average molecular weight is 480 g/mol. The highest BCUT2D eigenvalue weighted by atomic mass is 32.2. The van der Waals surface area contributed by atoms with E-state index < -0.39 is 16.2 Å². The molecule has 3 rings (SSSR count). The van der Waals surface area contributed by atoms with E-state index in [2.05, 4.69) is 9.44 Å². The van der Waals surface area contributed by atoms with Crippen LogP contribution in [-0.2, 0) is 23.3 Å². The second-order valence-corrected chi connectivity index (χ2v) is 10.4. The first-order valence-electron chi connectivity index (χ1n) is 11.5. The predicted octanol–water partition coefficient (Wildman–Crippen LogP) is 6.00. The molecule has 0 aliphatic rings. The summed E-state index contributed by atoms with van der Waals surface area (Å²) in [5.41, 5.74) is 4.12. The Labute approximate surface area is 203 Å². The number of urea groups is 1. The van der Waals surface area contributed by atoms with Crippen molar-refractivity contribution in [2.75, 3.05) is 4.72 Å². The molecule has 3 aromatic rings. The number of rotatable bonds is 9. The SMILES string of the molecule is CC(C)c1cccc(C(C)C)c1NS(=O)(=O)NC(=O)N(Cc1ccccc1)Cc1ccccc1. The van der Waals surface area contributed by atoms with Crippen LogP contribution in [0.2, 0.25) is 0 Å². The van der Waals surface area contributed by atoms with Gasteiger partial charge in [-0.15, -0.1) is 0 Å². The summed E-state index contributed by atoms with van der Waals surface area (Å²) in [6, 6.07) is 24.1. The number of benzene rings is 3. The molecule has 6 nitrogen and oxygen atoms in total. The van der Waals surface area contributed by atoms with Gasteiger partial charge in [0, 0.05) is 13.1 Å². The van der Waals surface area contributed by atoms with Crippen LogP contribution in [0.1, 0.15) is 61.8 Å². The third-order valence-electron chi connectivity index (χ3n) is 5.55. The van der Waals surface area contributed by atoms with Gasteiger partial charge >= 0.3 is 16.2 Å². The topological polar surface area (TPSA) is 78.5 Å². The Hall–Kier alpha value is -3.32. The average Bonchev–Trinajstić information content (AvgIpc) is 2.79. The summed E-state index contributed by atoms with van der Waals surface area (Å²) in [6.45, 7) is 8.59. The van der Waals surface area contributed by atoms with Crippen molar-refractivity contribution in [2.45, 2.75) is 52.6 Å². The van der Waals surface area contributed by atoms with E-state index in [1.54, 1.807) is 0 Å². The van der Waals surface area contributed by atoms with Crippen LogP contribution in [0.25, 0.3) is 0 Å². The van der Waals surface area contributed by atoms with Gasteiger partial charge in [0.2, 0.25) is 0 Å². The summed E-state index contributed by atoms with van der Waals surface area (Å²) in [6.07, 6.45) is 0. The quantitative estimate of drug-likeness (QED) is 0.395.